The lowest BCUT2D eigenvalue weighted by atomic mass is 10.0. The molecular weight excluding hydrogens is 430 g/mol. The molecule has 0 spiro atoms. The number of carbonyl (C=O) groups is 4. The van der Waals surface area contributed by atoms with Crippen LogP contribution in [0, 0.1) is 0 Å². The summed E-state index contributed by atoms with van der Waals surface area (Å²) in [6, 6.07) is 4.29. The summed E-state index contributed by atoms with van der Waals surface area (Å²) in [4.78, 5) is 46.6. The van der Waals surface area contributed by atoms with E-state index in [0.29, 0.717) is 43.5 Å². The van der Waals surface area contributed by atoms with Crippen LogP contribution < -0.4 is 20.7 Å². The summed E-state index contributed by atoms with van der Waals surface area (Å²) < 4.78 is 5.36. The van der Waals surface area contributed by atoms with Gasteiger partial charge in [-0.2, -0.15) is 0 Å². The summed E-state index contributed by atoms with van der Waals surface area (Å²) in [6.07, 6.45) is 2.10. The van der Waals surface area contributed by atoms with E-state index < -0.39 is 12.3 Å². The van der Waals surface area contributed by atoms with Gasteiger partial charge in [-0.25, -0.2) is 0 Å². The molecule has 182 valence electrons. The van der Waals surface area contributed by atoms with Crippen molar-refractivity contribution >= 4 is 35.3 Å². The Morgan fingerprint density at radius 2 is 1.85 bits per heavy atom. The zero-order chi connectivity index (χ0) is 24.8. The Labute approximate surface area is 193 Å². The normalized spacial score (nSPS) is 12.1. The van der Waals surface area contributed by atoms with Crippen molar-refractivity contribution in [2.45, 2.75) is 58.3 Å². The molecule has 0 radical (unpaired) electrons. The molecule has 1 aromatic carbocycles. The zero-order valence-corrected chi connectivity index (χ0v) is 19.2. The third kappa shape index (κ3) is 10.8. The van der Waals surface area contributed by atoms with E-state index in [4.69, 9.17) is 14.9 Å². The number of hydrogen-bond donors (Lipinski definition) is 5. The first-order valence-electron chi connectivity index (χ1n) is 10.7. The van der Waals surface area contributed by atoms with Gasteiger partial charge in [0, 0.05) is 43.6 Å². The van der Waals surface area contributed by atoms with Crippen LogP contribution in [0.5, 0.6) is 5.75 Å². The van der Waals surface area contributed by atoms with Gasteiger partial charge < -0.3 is 30.9 Å². The van der Waals surface area contributed by atoms with Gasteiger partial charge in [0.2, 0.25) is 17.7 Å². The number of rotatable bonds is 14. The summed E-state index contributed by atoms with van der Waals surface area (Å²) in [5.74, 6) is -0.520. The summed E-state index contributed by atoms with van der Waals surface area (Å²) in [5.41, 5.74) is 1.92. The van der Waals surface area contributed by atoms with E-state index in [1.54, 1.807) is 25.1 Å². The van der Waals surface area contributed by atoms with Gasteiger partial charge in [0.1, 0.15) is 18.1 Å². The van der Waals surface area contributed by atoms with Gasteiger partial charge >= 0.3 is 0 Å². The van der Waals surface area contributed by atoms with Crippen LogP contribution in [-0.4, -0.2) is 60.2 Å². The van der Waals surface area contributed by atoms with Crippen molar-refractivity contribution in [1.29, 1.82) is 0 Å². The summed E-state index contributed by atoms with van der Waals surface area (Å²) in [7, 11) is 1.49. The molecule has 0 aliphatic rings. The van der Waals surface area contributed by atoms with Crippen molar-refractivity contribution in [1.82, 2.24) is 10.6 Å². The number of aliphatic hydroxyl groups excluding tert-OH is 1. The number of carbonyl (C=O) groups excluding carboxylic acids is 4. The molecule has 0 unspecified atom stereocenters. The molecule has 1 aromatic rings. The van der Waals surface area contributed by atoms with Crippen molar-refractivity contribution in [2.75, 3.05) is 19.0 Å². The highest BCUT2D eigenvalue weighted by Crippen LogP contribution is 2.29. The number of aliphatic hydroxyl groups is 2. The van der Waals surface area contributed by atoms with Gasteiger partial charge in [-0.1, -0.05) is 0 Å². The van der Waals surface area contributed by atoms with Crippen LogP contribution in [0.25, 0.3) is 5.57 Å². The van der Waals surface area contributed by atoms with Crippen LogP contribution in [0.15, 0.2) is 24.3 Å². The molecule has 10 heteroatoms. The van der Waals surface area contributed by atoms with Gasteiger partial charge in [0.15, 0.2) is 6.29 Å². The second kappa shape index (κ2) is 14.8. The van der Waals surface area contributed by atoms with Crippen LogP contribution in [0.1, 0.15) is 51.5 Å². The van der Waals surface area contributed by atoms with Gasteiger partial charge in [-0.3, -0.25) is 19.2 Å². The van der Waals surface area contributed by atoms with Crippen molar-refractivity contribution in [2.24, 2.45) is 0 Å². The standard InChI is InChI=1S/C23H33N3O7/c1-15(11-13-27)18-8-7-17(14-20(18)33-3)26-23(32)19(25-16(2)28)6-4-5-12-24-21(29)9-10-22(30)31/h7-8,11,13-14,19,22,30-31H,4-6,9-10,12H2,1-3H3,(H,24,29)(H,25,28)(H,26,32)/b15-11-/t19-/m0/s1. The Hall–Kier alpha value is -3.24. The van der Waals surface area contributed by atoms with Crippen molar-refractivity contribution in [3.63, 3.8) is 0 Å². The number of unbranched alkanes of at least 4 members (excludes halogenated alkanes) is 1. The number of methoxy groups -OCH3 is 1. The van der Waals surface area contributed by atoms with Crippen LogP contribution in [-0.2, 0) is 19.2 Å². The second-order valence-corrected chi connectivity index (χ2v) is 7.51. The van der Waals surface area contributed by atoms with Crippen molar-refractivity contribution in [3.05, 3.63) is 29.8 Å². The fraction of sp³-hybridized carbons (Fsp3) is 0.478. The molecular formula is C23H33N3O7. The molecule has 0 aliphatic heterocycles. The van der Waals surface area contributed by atoms with Crippen LogP contribution >= 0.6 is 0 Å². The molecule has 0 heterocycles. The van der Waals surface area contributed by atoms with E-state index in [-0.39, 0.29) is 30.6 Å². The molecule has 0 bridgehead atoms. The molecule has 0 aromatic heterocycles. The number of nitrogens with one attached hydrogen (secondary N) is 3. The lowest BCUT2D eigenvalue weighted by Crippen LogP contribution is -2.43. The van der Waals surface area contributed by atoms with E-state index in [1.165, 1.54) is 20.1 Å². The minimum absolute atomic E-state index is 0.0152. The average molecular weight is 464 g/mol. The molecule has 0 saturated heterocycles. The third-order valence-electron chi connectivity index (χ3n) is 4.78. The summed E-state index contributed by atoms with van der Waals surface area (Å²) in [6.45, 7) is 3.48. The monoisotopic (exact) mass is 463 g/mol. The Bertz CT molecular complexity index is 852. The number of aldehydes is 1. The molecule has 0 fully saturated rings. The lowest BCUT2D eigenvalue weighted by Gasteiger charge is -2.18. The number of benzene rings is 1. The molecule has 10 nitrogen and oxygen atoms in total. The lowest BCUT2D eigenvalue weighted by molar-refractivity contribution is -0.125. The Morgan fingerprint density at radius 1 is 1.12 bits per heavy atom. The smallest absolute Gasteiger partial charge is 0.246 e. The van der Waals surface area contributed by atoms with E-state index in [2.05, 4.69) is 16.0 Å². The topological polar surface area (TPSA) is 154 Å². The van der Waals surface area contributed by atoms with E-state index >= 15 is 0 Å². The Kier molecular flexibility index (Phi) is 12.4. The number of hydrogen-bond acceptors (Lipinski definition) is 7. The average Bonchev–Trinajstić information content (AvgIpc) is 2.76. The molecule has 0 aliphatic carbocycles. The fourth-order valence-corrected chi connectivity index (χ4v) is 3.08. The minimum Gasteiger partial charge on any atom is -0.496 e. The van der Waals surface area contributed by atoms with Gasteiger partial charge in [-0.15, -0.1) is 0 Å². The first-order valence-corrected chi connectivity index (χ1v) is 10.7. The molecule has 33 heavy (non-hydrogen) atoms. The molecule has 1 rings (SSSR count). The highest BCUT2D eigenvalue weighted by atomic mass is 16.5. The van der Waals surface area contributed by atoms with Crippen LogP contribution in [0.2, 0.25) is 0 Å². The Balaban J connectivity index is 2.67. The first kappa shape index (κ1) is 27.8. The van der Waals surface area contributed by atoms with E-state index in [0.717, 1.165) is 11.1 Å². The van der Waals surface area contributed by atoms with Gasteiger partial charge in [-0.05, 0) is 50.0 Å². The number of ether oxygens (including phenoxy) is 1. The van der Waals surface area contributed by atoms with E-state index in [9.17, 15) is 19.2 Å². The minimum atomic E-state index is -1.51. The predicted molar refractivity (Wildman–Crippen MR) is 123 cm³/mol. The number of allylic oxidation sites excluding steroid dienone is 2. The highest BCUT2D eigenvalue weighted by molar-refractivity contribution is 5.97. The highest BCUT2D eigenvalue weighted by Gasteiger charge is 2.20. The molecule has 5 N–H and O–H groups in total. The fourth-order valence-electron chi connectivity index (χ4n) is 3.08. The predicted octanol–water partition coefficient (Wildman–Crippen LogP) is 1.12. The Morgan fingerprint density at radius 3 is 2.45 bits per heavy atom. The quantitative estimate of drug-likeness (QED) is 0.120. The maximum Gasteiger partial charge on any atom is 0.246 e. The van der Waals surface area contributed by atoms with Gasteiger partial charge in [0.25, 0.3) is 0 Å². The van der Waals surface area contributed by atoms with Gasteiger partial charge in [0.05, 0.1) is 7.11 Å². The maximum absolute atomic E-state index is 12.7. The summed E-state index contributed by atoms with van der Waals surface area (Å²) in [5, 5.41) is 25.6. The van der Waals surface area contributed by atoms with Crippen molar-refractivity contribution in [3.8, 4) is 5.75 Å². The number of anilines is 1. The maximum atomic E-state index is 12.7. The molecule has 3 amide bonds. The first-order chi connectivity index (χ1) is 15.7. The zero-order valence-electron chi connectivity index (χ0n) is 19.2. The van der Waals surface area contributed by atoms with E-state index in [1.807, 2.05) is 0 Å². The summed E-state index contributed by atoms with van der Waals surface area (Å²) >= 11 is 0. The third-order valence-corrected chi connectivity index (χ3v) is 4.78. The van der Waals surface area contributed by atoms with Crippen molar-refractivity contribution < 1.29 is 34.1 Å². The largest absolute Gasteiger partial charge is 0.496 e. The molecule has 1 atom stereocenters. The second-order valence-electron chi connectivity index (χ2n) is 7.51. The molecule has 0 saturated carbocycles. The SMILES string of the molecule is COc1cc(NC(=O)[C@H](CCCCNC(=O)CCC(O)O)NC(C)=O)ccc1/C(C)=C\C=O. The van der Waals surface area contributed by atoms with Crippen LogP contribution in [0.3, 0.4) is 0 Å². The number of amides is 3. The van der Waals surface area contributed by atoms with Crippen LogP contribution in [0.4, 0.5) is 5.69 Å².